The minimum Gasteiger partial charge on any atom is -0.381 e. The number of hydrogen-bond acceptors (Lipinski definition) is 6. The monoisotopic (exact) mass is 425 g/mol. The number of carbonyl (C=O) groups is 1. The lowest BCUT2D eigenvalue weighted by molar-refractivity contribution is -0.135. The zero-order chi connectivity index (χ0) is 21.1. The van der Waals surface area contributed by atoms with E-state index >= 15 is 0 Å². The van der Waals surface area contributed by atoms with E-state index < -0.39 is 0 Å². The molecular formula is C24H31N3O4. The summed E-state index contributed by atoms with van der Waals surface area (Å²) >= 11 is 0. The van der Waals surface area contributed by atoms with Crippen molar-refractivity contribution in [1.82, 2.24) is 15.0 Å². The van der Waals surface area contributed by atoms with Gasteiger partial charge in [0.2, 0.25) is 11.8 Å². The molecule has 0 bridgehead atoms. The summed E-state index contributed by atoms with van der Waals surface area (Å²) in [5, 5.41) is 4.15. The molecule has 1 saturated carbocycles. The highest BCUT2D eigenvalue weighted by Gasteiger charge is 2.54. The lowest BCUT2D eigenvalue weighted by Gasteiger charge is -2.27. The number of aromatic nitrogens is 2. The van der Waals surface area contributed by atoms with Crippen LogP contribution >= 0.6 is 0 Å². The standard InChI is InChI=1S/C24H31N3O4/c28-23(24(11-12-24)19-5-2-1-3-6-19)27-13-4-7-20(27)22-25-21(26-31-22)10-16-30-17-18-8-14-29-15-9-18/h1-3,5-6,18,20H,4,7-17H2. The molecule has 0 spiro atoms. The van der Waals surface area contributed by atoms with E-state index in [-0.39, 0.29) is 17.4 Å². The predicted molar refractivity (Wildman–Crippen MR) is 113 cm³/mol. The molecule has 2 aliphatic heterocycles. The van der Waals surface area contributed by atoms with E-state index in [1.54, 1.807) is 0 Å². The summed E-state index contributed by atoms with van der Waals surface area (Å²) in [7, 11) is 0. The van der Waals surface area contributed by atoms with Crippen LogP contribution in [0.25, 0.3) is 0 Å². The molecule has 2 saturated heterocycles. The lowest BCUT2D eigenvalue weighted by Crippen LogP contribution is -2.39. The average Bonchev–Trinajstić information content (AvgIpc) is 3.25. The van der Waals surface area contributed by atoms with Gasteiger partial charge in [0.15, 0.2) is 5.82 Å². The highest BCUT2D eigenvalue weighted by atomic mass is 16.5. The molecule has 3 heterocycles. The van der Waals surface area contributed by atoms with Crippen molar-refractivity contribution in [2.24, 2.45) is 5.92 Å². The highest BCUT2D eigenvalue weighted by molar-refractivity contribution is 5.91. The Kier molecular flexibility index (Phi) is 6.05. The highest BCUT2D eigenvalue weighted by Crippen LogP contribution is 2.51. The van der Waals surface area contributed by atoms with Crippen molar-refractivity contribution in [1.29, 1.82) is 0 Å². The second-order valence-electron chi connectivity index (χ2n) is 9.03. The maximum atomic E-state index is 13.5. The Morgan fingerprint density at radius 1 is 1.16 bits per heavy atom. The lowest BCUT2D eigenvalue weighted by atomic mass is 9.94. The average molecular weight is 426 g/mol. The molecule has 1 amide bonds. The van der Waals surface area contributed by atoms with E-state index in [1.807, 2.05) is 23.1 Å². The Morgan fingerprint density at radius 3 is 2.74 bits per heavy atom. The van der Waals surface area contributed by atoms with Crippen LogP contribution in [-0.4, -0.2) is 53.9 Å². The molecule has 7 heteroatoms. The van der Waals surface area contributed by atoms with Gasteiger partial charge in [0.1, 0.15) is 6.04 Å². The number of ether oxygens (including phenoxy) is 2. The zero-order valence-corrected chi connectivity index (χ0v) is 18.0. The molecule has 5 rings (SSSR count). The number of benzene rings is 1. The predicted octanol–water partition coefficient (Wildman–Crippen LogP) is 3.45. The molecule has 1 aliphatic carbocycles. The summed E-state index contributed by atoms with van der Waals surface area (Å²) in [6.07, 6.45) is 6.44. The third-order valence-electron chi connectivity index (χ3n) is 6.93. The Morgan fingerprint density at radius 2 is 1.97 bits per heavy atom. The Labute approximate surface area is 183 Å². The first-order valence-corrected chi connectivity index (χ1v) is 11.6. The van der Waals surface area contributed by atoms with E-state index in [4.69, 9.17) is 14.0 Å². The van der Waals surface area contributed by atoms with Crippen LogP contribution in [0.1, 0.15) is 61.8 Å². The van der Waals surface area contributed by atoms with Crippen molar-refractivity contribution in [3.8, 4) is 0 Å². The Balaban J connectivity index is 1.18. The summed E-state index contributed by atoms with van der Waals surface area (Å²) < 4.78 is 16.8. The molecule has 3 fully saturated rings. The normalized spacial score (nSPS) is 23.2. The molecule has 3 aliphatic rings. The second kappa shape index (κ2) is 9.09. The fourth-order valence-electron chi connectivity index (χ4n) is 4.88. The van der Waals surface area contributed by atoms with Crippen LogP contribution in [0.15, 0.2) is 34.9 Å². The smallest absolute Gasteiger partial charge is 0.249 e. The van der Waals surface area contributed by atoms with Gasteiger partial charge in [0.25, 0.3) is 0 Å². The minimum absolute atomic E-state index is 0.113. The molecule has 1 aromatic carbocycles. The van der Waals surface area contributed by atoms with E-state index in [0.717, 1.165) is 70.5 Å². The first-order chi connectivity index (χ1) is 15.3. The molecule has 0 radical (unpaired) electrons. The number of rotatable bonds is 8. The van der Waals surface area contributed by atoms with Gasteiger partial charge in [-0.1, -0.05) is 35.5 Å². The number of amides is 1. The van der Waals surface area contributed by atoms with E-state index in [2.05, 4.69) is 22.3 Å². The van der Waals surface area contributed by atoms with Crippen LogP contribution in [0.5, 0.6) is 0 Å². The molecular weight excluding hydrogens is 394 g/mol. The topological polar surface area (TPSA) is 77.7 Å². The maximum absolute atomic E-state index is 13.5. The molecule has 0 N–H and O–H groups in total. The third kappa shape index (κ3) is 4.39. The summed E-state index contributed by atoms with van der Waals surface area (Å²) in [6, 6.07) is 10.0. The molecule has 1 unspecified atom stereocenters. The van der Waals surface area contributed by atoms with Gasteiger partial charge in [-0.25, -0.2) is 0 Å². The fraction of sp³-hybridized carbons (Fsp3) is 0.625. The van der Waals surface area contributed by atoms with E-state index in [0.29, 0.717) is 30.7 Å². The van der Waals surface area contributed by atoms with Crippen molar-refractivity contribution in [3.63, 3.8) is 0 Å². The minimum atomic E-state index is -0.356. The zero-order valence-electron chi connectivity index (χ0n) is 18.0. The quantitative estimate of drug-likeness (QED) is 0.603. The molecule has 166 valence electrons. The van der Waals surface area contributed by atoms with Gasteiger partial charge in [0.05, 0.1) is 12.0 Å². The largest absolute Gasteiger partial charge is 0.381 e. The SMILES string of the molecule is O=C(N1CCCC1c1nc(CCOCC2CCOCC2)no1)C1(c2ccccc2)CC1. The van der Waals surface area contributed by atoms with Crippen LogP contribution in [0, 0.1) is 5.92 Å². The van der Waals surface area contributed by atoms with Gasteiger partial charge in [-0.15, -0.1) is 0 Å². The van der Waals surface area contributed by atoms with Crippen LogP contribution in [-0.2, 0) is 26.1 Å². The van der Waals surface area contributed by atoms with Crippen LogP contribution in [0.3, 0.4) is 0 Å². The maximum Gasteiger partial charge on any atom is 0.249 e. The van der Waals surface area contributed by atoms with Gasteiger partial charge >= 0.3 is 0 Å². The summed E-state index contributed by atoms with van der Waals surface area (Å²) in [5.41, 5.74) is 0.767. The first-order valence-electron chi connectivity index (χ1n) is 11.6. The number of carbonyl (C=O) groups excluding carboxylic acids is 1. The molecule has 2 aromatic rings. The van der Waals surface area contributed by atoms with Gasteiger partial charge < -0.3 is 18.9 Å². The van der Waals surface area contributed by atoms with Gasteiger partial charge in [-0.05, 0) is 50.0 Å². The Bertz CT molecular complexity index is 874. The van der Waals surface area contributed by atoms with Crippen molar-refractivity contribution < 1.29 is 18.8 Å². The summed E-state index contributed by atoms with van der Waals surface area (Å²) in [6.45, 7) is 3.78. The fourth-order valence-corrected chi connectivity index (χ4v) is 4.88. The number of likely N-dealkylation sites (tertiary alicyclic amines) is 1. The molecule has 1 atom stereocenters. The second-order valence-corrected chi connectivity index (χ2v) is 9.03. The van der Waals surface area contributed by atoms with Crippen molar-refractivity contribution in [2.45, 2.75) is 56.4 Å². The van der Waals surface area contributed by atoms with Gasteiger partial charge in [0, 0.05) is 32.8 Å². The molecule has 1 aromatic heterocycles. The van der Waals surface area contributed by atoms with Crippen LogP contribution < -0.4 is 0 Å². The van der Waals surface area contributed by atoms with Crippen molar-refractivity contribution in [2.75, 3.05) is 33.0 Å². The van der Waals surface area contributed by atoms with Crippen LogP contribution in [0.2, 0.25) is 0 Å². The van der Waals surface area contributed by atoms with Gasteiger partial charge in [-0.3, -0.25) is 4.79 Å². The third-order valence-corrected chi connectivity index (χ3v) is 6.93. The molecule has 7 nitrogen and oxygen atoms in total. The number of nitrogens with zero attached hydrogens (tertiary/aromatic N) is 3. The summed E-state index contributed by atoms with van der Waals surface area (Å²) in [4.78, 5) is 20.1. The first kappa shape index (κ1) is 20.6. The molecule has 31 heavy (non-hydrogen) atoms. The Hall–Kier alpha value is -2.25. The van der Waals surface area contributed by atoms with Crippen LogP contribution in [0.4, 0.5) is 0 Å². The summed E-state index contributed by atoms with van der Waals surface area (Å²) in [5.74, 6) is 2.02. The van der Waals surface area contributed by atoms with Crippen molar-refractivity contribution >= 4 is 5.91 Å². The number of hydrogen-bond donors (Lipinski definition) is 0. The van der Waals surface area contributed by atoms with Crippen molar-refractivity contribution in [3.05, 3.63) is 47.6 Å². The van der Waals surface area contributed by atoms with Gasteiger partial charge in [-0.2, -0.15) is 4.98 Å². The van der Waals surface area contributed by atoms with E-state index in [1.165, 1.54) is 0 Å². The van der Waals surface area contributed by atoms with E-state index in [9.17, 15) is 4.79 Å².